The Morgan fingerprint density at radius 2 is 1.86 bits per heavy atom. The van der Waals surface area contributed by atoms with E-state index in [0.29, 0.717) is 48.5 Å². The van der Waals surface area contributed by atoms with Crippen molar-refractivity contribution in [2.45, 2.75) is 26.4 Å². The van der Waals surface area contributed by atoms with E-state index in [2.05, 4.69) is 4.57 Å². The lowest BCUT2D eigenvalue weighted by Crippen LogP contribution is -2.40. The van der Waals surface area contributed by atoms with Crippen molar-refractivity contribution in [2.75, 3.05) is 13.7 Å². The van der Waals surface area contributed by atoms with Crippen LogP contribution in [-0.4, -0.2) is 28.8 Å². The Labute approximate surface area is 261 Å². The molecule has 3 aromatic carbocycles. The lowest BCUT2D eigenvalue weighted by Gasteiger charge is -2.25. The highest BCUT2D eigenvalue weighted by molar-refractivity contribution is 7.07. The maximum atomic E-state index is 14.2. The van der Waals surface area contributed by atoms with Crippen molar-refractivity contribution in [3.63, 3.8) is 0 Å². The fourth-order valence-corrected chi connectivity index (χ4v) is 6.98. The Hall–Kier alpha value is -4.11. The number of halogens is 2. The highest BCUT2D eigenvalue weighted by Gasteiger charge is 2.35. The quantitative estimate of drug-likeness (QED) is 0.203. The molecule has 1 aliphatic rings. The lowest BCUT2D eigenvalue weighted by atomic mass is 9.95. The van der Waals surface area contributed by atoms with Crippen LogP contribution in [0.4, 0.5) is 0 Å². The van der Waals surface area contributed by atoms with Crippen LogP contribution in [-0.2, 0) is 16.1 Å². The Morgan fingerprint density at radius 3 is 2.63 bits per heavy atom. The first-order valence-electron chi connectivity index (χ1n) is 13.6. The van der Waals surface area contributed by atoms with Crippen LogP contribution in [0.25, 0.3) is 17.0 Å². The van der Waals surface area contributed by atoms with Gasteiger partial charge in [-0.3, -0.25) is 9.36 Å². The minimum absolute atomic E-state index is 0.198. The highest BCUT2D eigenvalue weighted by atomic mass is 35.5. The smallest absolute Gasteiger partial charge is 0.338 e. The SMILES string of the molecule is CCOC(=O)C1=C(C)N=c2sc(=Cc3cn(Cc4ccc(Cl)cc4Cl)c4ccccc34)c(=O)n2[C@H]1c1ccccc1OC. The van der Waals surface area contributed by atoms with E-state index < -0.39 is 12.0 Å². The van der Waals surface area contributed by atoms with Crippen LogP contribution in [0.5, 0.6) is 5.75 Å². The van der Waals surface area contributed by atoms with Gasteiger partial charge in [0.05, 0.1) is 29.5 Å². The van der Waals surface area contributed by atoms with Gasteiger partial charge < -0.3 is 14.0 Å². The van der Waals surface area contributed by atoms with Crippen LogP contribution in [0.3, 0.4) is 0 Å². The van der Waals surface area contributed by atoms with E-state index in [1.54, 1.807) is 31.6 Å². The van der Waals surface area contributed by atoms with Gasteiger partial charge in [0.15, 0.2) is 4.80 Å². The lowest BCUT2D eigenvalue weighted by molar-refractivity contribution is -0.139. The zero-order valence-electron chi connectivity index (χ0n) is 23.6. The second-order valence-electron chi connectivity index (χ2n) is 10.0. The van der Waals surface area contributed by atoms with Crippen LogP contribution in [0.15, 0.2) is 94.0 Å². The molecule has 0 amide bonds. The summed E-state index contributed by atoms with van der Waals surface area (Å²) in [5, 5.41) is 2.15. The van der Waals surface area contributed by atoms with Gasteiger partial charge >= 0.3 is 5.97 Å². The molecule has 0 saturated carbocycles. The number of methoxy groups -OCH3 is 1. The standard InChI is InChI=1S/C33H27Cl2N3O4S/c1-4-42-32(40)29-19(2)36-33-38(30(29)24-10-6-8-12-27(24)41-3)31(39)28(43-33)15-21-18-37(26-11-7-5-9-23(21)26)17-20-13-14-22(34)16-25(20)35/h5-16,18,30H,4,17H2,1-3H3/t30-/m0/s1. The first-order chi connectivity index (χ1) is 20.8. The molecule has 10 heteroatoms. The molecule has 0 spiro atoms. The maximum Gasteiger partial charge on any atom is 0.338 e. The highest BCUT2D eigenvalue weighted by Crippen LogP contribution is 2.35. The summed E-state index contributed by atoms with van der Waals surface area (Å²) < 4.78 is 15.2. The number of carbonyl (C=O) groups excluding carboxylic acids is 1. The van der Waals surface area contributed by atoms with Crippen LogP contribution in [0.2, 0.25) is 10.0 Å². The van der Waals surface area contributed by atoms with Gasteiger partial charge in [-0.2, -0.15) is 0 Å². The van der Waals surface area contributed by atoms with E-state index >= 15 is 0 Å². The normalized spacial score (nSPS) is 15.0. The third-order valence-corrected chi connectivity index (χ3v) is 8.98. The molecule has 7 nitrogen and oxygen atoms in total. The topological polar surface area (TPSA) is 74.8 Å². The zero-order chi connectivity index (χ0) is 30.2. The Bertz CT molecular complexity index is 2110. The van der Waals surface area contributed by atoms with Gasteiger partial charge in [0.25, 0.3) is 5.56 Å². The Morgan fingerprint density at radius 1 is 1.09 bits per heavy atom. The molecule has 0 radical (unpaired) electrons. The number of thiazole rings is 1. The van der Waals surface area contributed by atoms with Crippen molar-refractivity contribution in [2.24, 2.45) is 4.99 Å². The molecular weight excluding hydrogens is 605 g/mol. The molecule has 2 aromatic heterocycles. The molecule has 3 heterocycles. The van der Waals surface area contributed by atoms with Crippen LogP contribution in [0, 0.1) is 0 Å². The maximum absolute atomic E-state index is 14.2. The average Bonchev–Trinajstić information content (AvgIpc) is 3.50. The number of esters is 1. The average molecular weight is 633 g/mol. The van der Waals surface area contributed by atoms with Gasteiger partial charge in [-0.05, 0) is 49.8 Å². The minimum atomic E-state index is -0.762. The van der Waals surface area contributed by atoms with Crippen LogP contribution in [0.1, 0.15) is 36.6 Å². The zero-order valence-corrected chi connectivity index (χ0v) is 26.0. The molecule has 218 valence electrons. The van der Waals surface area contributed by atoms with Gasteiger partial charge in [-0.25, -0.2) is 9.79 Å². The van der Waals surface area contributed by atoms with E-state index in [4.69, 9.17) is 37.7 Å². The molecule has 0 unspecified atom stereocenters. The second kappa shape index (κ2) is 11.9. The Kier molecular flexibility index (Phi) is 8.01. The van der Waals surface area contributed by atoms with Crippen molar-refractivity contribution in [3.8, 4) is 5.75 Å². The molecule has 5 aromatic rings. The number of hydrogen-bond acceptors (Lipinski definition) is 6. The molecule has 43 heavy (non-hydrogen) atoms. The van der Waals surface area contributed by atoms with Crippen molar-refractivity contribution in [1.29, 1.82) is 0 Å². The molecular formula is C33H27Cl2N3O4S. The summed E-state index contributed by atoms with van der Waals surface area (Å²) >= 11 is 13.9. The van der Waals surface area contributed by atoms with E-state index in [9.17, 15) is 9.59 Å². The van der Waals surface area contributed by atoms with Crippen molar-refractivity contribution in [3.05, 3.63) is 131 Å². The van der Waals surface area contributed by atoms with E-state index in [0.717, 1.165) is 22.0 Å². The largest absolute Gasteiger partial charge is 0.496 e. The van der Waals surface area contributed by atoms with Gasteiger partial charge in [0.1, 0.15) is 11.8 Å². The van der Waals surface area contributed by atoms with Crippen molar-refractivity contribution in [1.82, 2.24) is 9.13 Å². The first-order valence-corrected chi connectivity index (χ1v) is 15.2. The molecule has 1 atom stereocenters. The van der Waals surface area contributed by atoms with E-state index in [1.165, 1.54) is 11.3 Å². The summed E-state index contributed by atoms with van der Waals surface area (Å²) in [4.78, 5) is 32.6. The van der Waals surface area contributed by atoms with Gasteiger partial charge in [-0.15, -0.1) is 0 Å². The monoisotopic (exact) mass is 631 g/mol. The van der Waals surface area contributed by atoms with Crippen LogP contribution < -0.4 is 19.6 Å². The van der Waals surface area contributed by atoms with Crippen molar-refractivity contribution >= 4 is 57.5 Å². The number of benzene rings is 3. The number of rotatable bonds is 7. The fourth-order valence-electron chi connectivity index (χ4n) is 5.47. The fraction of sp³-hybridized carbons (Fsp3) is 0.182. The number of nitrogens with zero attached hydrogens (tertiary/aromatic N) is 3. The van der Waals surface area contributed by atoms with Gasteiger partial charge in [0, 0.05) is 44.8 Å². The Balaban J connectivity index is 1.53. The van der Waals surface area contributed by atoms with Gasteiger partial charge in [0.2, 0.25) is 0 Å². The predicted molar refractivity (Wildman–Crippen MR) is 171 cm³/mol. The number of allylic oxidation sites excluding steroid dienone is 1. The molecule has 0 aliphatic carbocycles. The summed E-state index contributed by atoms with van der Waals surface area (Å²) in [7, 11) is 1.57. The number of carbonyl (C=O) groups is 1. The predicted octanol–water partition coefficient (Wildman–Crippen LogP) is 6.12. The summed E-state index contributed by atoms with van der Waals surface area (Å²) in [6.07, 6.45) is 3.90. The molecule has 0 saturated heterocycles. The minimum Gasteiger partial charge on any atom is -0.496 e. The number of fused-ring (bicyclic) bond motifs is 2. The molecule has 0 fully saturated rings. The summed E-state index contributed by atoms with van der Waals surface area (Å²) in [6, 6.07) is 20.1. The third-order valence-electron chi connectivity index (χ3n) is 7.41. The molecule has 0 bridgehead atoms. The number of hydrogen-bond donors (Lipinski definition) is 0. The summed E-state index contributed by atoms with van der Waals surface area (Å²) in [5.41, 5.74) is 4.02. The van der Waals surface area contributed by atoms with E-state index in [-0.39, 0.29) is 12.2 Å². The molecule has 1 aliphatic heterocycles. The third kappa shape index (κ3) is 5.31. The number of aromatic nitrogens is 2. The van der Waals surface area contributed by atoms with Gasteiger partial charge in [-0.1, -0.05) is 77.0 Å². The number of para-hydroxylation sites is 2. The van der Waals surface area contributed by atoms with E-state index in [1.807, 2.05) is 72.9 Å². The second-order valence-corrected chi connectivity index (χ2v) is 11.9. The van der Waals surface area contributed by atoms with Crippen molar-refractivity contribution < 1.29 is 14.3 Å². The molecule has 0 N–H and O–H groups in total. The first kappa shape index (κ1) is 29.0. The van der Waals surface area contributed by atoms with Crippen LogP contribution >= 0.6 is 34.5 Å². The summed E-state index contributed by atoms with van der Waals surface area (Å²) in [5.74, 6) is 0.0420. The number of ether oxygens (including phenoxy) is 2. The summed E-state index contributed by atoms with van der Waals surface area (Å²) in [6.45, 7) is 4.24. The molecule has 6 rings (SSSR count).